The van der Waals surface area contributed by atoms with Gasteiger partial charge in [0.2, 0.25) is 5.91 Å². The molecule has 90 valence electrons. The minimum absolute atomic E-state index is 0.0279. The van der Waals surface area contributed by atoms with Crippen LogP contribution in [0.2, 0.25) is 0 Å². The van der Waals surface area contributed by atoms with Crippen molar-refractivity contribution < 1.29 is 9.18 Å². The van der Waals surface area contributed by atoms with Gasteiger partial charge in [-0.1, -0.05) is 13.8 Å². The summed E-state index contributed by atoms with van der Waals surface area (Å²) in [5.74, 6) is -0.0279. The predicted molar refractivity (Wildman–Crippen MR) is 60.6 cm³/mol. The van der Waals surface area contributed by atoms with Gasteiger partial charge in [-0.2, -0.15) is 0 Å². The summed E-state index contributed by atoms with van der Waals surface area (Å²) in [5.41, 5.74) is 0. The Hall–Kier alpha value is -0.640. The topological polar surface area (TPSA) is 23.6 Å². The summed E-state index contributed by atoms with van der Waals surface area (Å²) in [4.78, 5) is 14.4. The molecule has 1 rings (SSSR count). The minimum Gasteiger partial charge on any atom is -0.340 e. The van der Waals surface area contributed by atoms with Crippen molar-refractivity contribution >= 4 is 5.91 Å². The largest absolute Gasteiger partial charge is 0.340 e. The van der Waals surface area contributed by atoms with Crippen molar-refractivity contribution in [3.05, 3.63) is 0 Å². The van der Waals surface area contributed by atoms with Gasteiger partial charge in [0.1, 0.15) is 6.17 Å². The first-order valence-corrected chi connectivity index (χ1v) is 5.58. The van der Waals surface area contributed by atoms with Crippen molar-refractivity contribution in [2.75, 3.05) is 27.2 Å². The molecule has 0 N–H and O–H groups in total. The smallest absolute Gasteiger partial charge is 0.219 e. The van der Waals surface area contributed by atoms with Crippen LogP contribution in [0.4, 0.5) is 4.39 Å². The van der Waals surface area contributed by atoms with E-state index < -0.39 is 6.17 Å². The Morgan fingerprint density at radius 2 is 1.93 bits per heavy atom. The van der Waals surface area contributed by atoms with E-state index in [9.17, 15) is 9.18 Å². The van der Waals surface area contributed by atoms with Gasteiger partial charge in [-0.05, 0) is 20.5 Å². The number of hydrogen-bond donors (Lipinski definition) is 0. The van der Waals surface area contributed by atoms with Crippen LogP contribution in [0.25, 0.3) is 0 Å². The van der Waals surface area contributed by atoms with Crippen LogP contribution in [0, 0.1) is 0 Å². The van der Waals surface area contributed by atoms with Crippen LogP contribution in [-0.4, -0.2) is 55.1 Å². The van der Waals surface area contributed by atoms with E-state index in [4.69, 9.17) is 0 Å². The number of amides is 1. The van der Waals surface area contributed by atoms with Crippen LogP contribution in [0.15, 0.2) is 0 Å². The number of halogens is 1. The van der Waals surface area contributed by atoms with Crippen molar-refractivity contribution in [1.82, 2.24) is 9.80 Å². The van der Waals surface area contributed by atoms with Crippen LogP contribution in [-0.2, 0) is 4.79 Å². The molecule has 0 saturated carbocycles. The lowest BCUT2D eigenvalue weighted by Gasteiger charge is -2.37. The fourth-order valence-electron chi connectivity index (χ4n) is 1.76. The maximum Gasteiger partial charge on any atom is 0.219 e. The number of carbonyl (C=O) groups excluding carboxylic acids is 1. The highest BCUT2D eigenvalue weighted by Crippen LogP contribution is 2.17. The first-order chi connectivity index (χ1) is 7.02. The van der Waals surface area contributed by atoms with E-state index in [2.05, 4.69) is 0 Å². The maximum atomic E-state index is 13.5. The second-order valence-corrected chi connectivity index (χ2v) is 3.80. The molecular formula is C11H23FN2O. The van der Waals surface area contributed by atoms with Crippen LogP contribution in [0.1, 0.15) is 27.2 Å². The lowest BCUT2D eigenvalue weighted by Crippen LogP contribution is -2.51. The van der Waals surface area contributed by atoms with Crippen molar-refractivity contribution in [2.24, 2.45) is 0 Å². The number of piperidine rings is 1. The molecule has 0 aliphatic carbocycles. The molecule has 4 heteroatoms. The molecule has 0 spiro atoms. The van der Waals surface area contributed by atoms with Crippen molar-refractivity contribution in [3.8, 4) is 0 Å². The fourth-order valence-corrected chi connectivity index (χ4v) is 1.76. The molecule has 0 aromatic carbocycles. The van der Waals surface area contributed by atoms with Gasteiger partial charge in [-0.3, -0.25) is 4.79 Å². The highest BCUT2D eigenvalue weighted by atomic mass is 19.1. The lowest BCUT2D eigenvalue weighted by molar-refractivity contribution is -0.131. The third kappa shape index (κ3) is 4.16. The third-order valence-electron chi connectivity index (χ3n) is 2.62. The Morgan fingerprint density at radius 1 is 1.40 bits per heavy atom. The van der Waals surface area contributed by atoms with Crippen LogP contribution >= 0.6 is 0 Å². The predicted octanol–water partition coefficient (Wildman–Crippen LogP) is 1.53. The molecule has 1 saturated heterocycles. The summed E-state index contributed by atoms with van der Waals surface area (Å²) in [6.45, 7) is 6.42. The molecule has 1 fully saturated rings. The normalized spacial score (nSPS) is 25.9. The summed E-state index contributed by atoms with van der Waals surface area (Å²) < 4.78 is 13.5. The van der Waals surface area contributed by atoms with E-state index in [1.165, 1.54) is 6.92 Å². The van der Waals surface area contributed by atoms with Gasteiger partial charge in [0.25, 0.3) is 0 Å². The standard InChI is InChI=1S/C9H17FN2O.C2H6/c1-7(13)12-5-4-9(11(2)3)8(10)6-12;1-2/h8-9H,4-6H2,1-3H3;1-2H3. The number of rotatable bonds is 1. The zero-order valence-corrected chi connectivity index (χ0v) is 10.5. The molecule has 1 amide bonds. The molecule has 0 bridgehead atoms. The lowest BCUT2D eigenvalue weighted by atomic mass is 10.0. The van der Waals surface area contributed by atoms with E-state index in [0.717, 1.165) is 6.42 Å². The number of carbonyl (C=O) groups is 1. The maximum absolute atomic E-state index is 13.5. The minimum atomic E-state index is -0.910. The van der Waals surface area contributed by atoms with Crippen molar-refractivity contribution in [3.63, 3.8) is 0 Å². The molecule has 0 radical (unpaired) electrons. The molecule has 0 aromatic heterocycles. The molecule has 1 aliphatic heterocycles. The van der Waals surface area contributed by atoms with Gasteiger partial charge in [-0.15, -0.1) is 0 Å². The first-order valence-electron chi connectivity index (χ1n) is 5.58. The first kappa shape index (κ1) is 14.4. The molecule has 1 aliphatic rings. The SMILES string of the molecule is CC.CC(=O)N1CCC(N(C)C)C(F)C1. The van der Waals surface area contributed by atoms with Gasteiger partial charge in [-0.25, -0.2) is 4.39 Å². The summed E-state index contributed by atoms with van der Waals surface area (Å²) in [5, 5.41) is 0. The molecular weight excluding hydrogens is 195 g/mol. The van der Waals surface area contributed by atoms with Gasteiger partial charge < -0.3 is 9.80 Å². The zero-order valence-electron chi connectivity index (χ0n) is 10.5. The average Bonchev–Trinajstić information content (AvgIpc) is 2.20. The summed E-state index contributed by atoms with van der Waals surface area (Å²) in [6.07, 6.45) is -0.180. The summed E-state index contributed by atoms with van der Waals surface area (Å²) in [6, 6.07) is -0.0319. The van der Waals surface area contributed by atoms with E-state index in [0.29, 0.717) is 6.54 Å². The average molecular weight is 218 g/mol. The van der Waals surface area contributed by atoms with Gasteiger partial charge in [0, 0.05) is 19.5 Å². The second-order valence-electron chi connectivity index (χ2n) is 3.80. The summed E-state index contributed by atoms with van der Waals surface area (Å²) in [7, 11) is 3.75. The van der Waals surface area contributed by atoms with Crippen LogP contribution < -0.4 is 0 Å². The highest BCUT2D eigenvalue weighted by molar-refractivity contribution is 5.73. The van der Waals surface area contributed by atoms with Crippen molar-refractivity contribution in [1.29, 1.82) is 0 Å². The number of likely N-dealkylation sites (tertiary alicyclic amines) is 1. The Morgan fingerprint density at radius 3 is 2.27 bits per heavy atom. The second kappa shape index (κ2) is 6.77. The van der Waals surface area contributed by atoms with Crippen LogP contribution in [0.3, 0.4) is 0 Å². The van der Waals surface area contributed by atoms with E-state index >= 15 is 0 Å². The monoisotopic (exact) mass is 218 g/mol. The quantitative estimate of drug-likeness (QED) is 0.666. The van der Waals surface area contributed by atoms with E-state index in [1.54, 1.807) is 4.90 Å². The zero-order chi connectivity index (χ0) is 12.0. The molecule has 1 heterocycles. The molecule has 0 aromatic rings. The Balaban J connectivity index is 0.000000921. The number of alkyl halides is 1. The van der Waals surface area contributed by atoms with Gasteiger partial charge in [0.15, 0.2) is 0 Å². The van der Waals surface area contributed by atoms with Gasteiger partial charge in [0.05, 0.1) is 6.54 Å². The Bertz CT molecular complexity index is 197. The Kier molecular flexibility index (Phi) is 6.48. The van der Waals surface area contributed by atoms with Crippen LogP contribution in [0.5, 0.6) is 0 Å². The van der Waals surface area contributed by atoms with E-state index in [-0.39, 0.29) is 18.5 Å². The molecule has 15 heavy (non-hydrogen) atoms. The number of nitrogens with zero attached hydrogens (tertiary/aromatic N) is 2. The Labute approximate surface area is 92.2 Å². The van der Waals surface area contributed by atoms with E-state index in [1.807, 2.05) is 32.8 Å². The summed E-state index contributed by atoms with van der Waals surface area (Å²) >= 11 is 0. The molecule has 2 unspecified atom stereocenters. The number of hydrogen-bond acceptors (Lipinski definition) is 2. The molecule has 3 nitrogen and oxygen atoms in total. The third-order valence-corrected chi connectivity index (χ3v) is 2.62. The fraction of sp³-hybridized carbons (Fsp3) is 0.909. The highest BCUT2D eigenvalue weighted by Gasteiger charge is 2.31. The molecule has 2 atom stereocenters. The van der Waals surface area contributed by atoms with Gasteiger partial charge >= 0.3 is 0 Å². The van der Waals surface area contributed by atoms with Crippen molar-refractivity contribution in [2.45, 2.75) is 39.4 Å².